The van der Waals surface area contributed by atoms with Crippen LogP contribution < -0.4 is 10.2 Å². The fourth-order valence-electron chi connectivity index (χ4n) is 5.13. The number of anilines is 1. The van der Waals surface area contributed by atoms with Gasteiger partial charge in [-0.25, -0.2) is 14.8 Å². The molecule has 1 saturated carbocycles. The van der Waals surface area contributed by atoms with Crippen molar-refractivity contribution in [2.45, 2.75) is 69.5 Å². The van der Waals surface area contributed by atoms with Crippen LogP contribution in [0.5, 0.6) is 0 Å². The van der Waals surface area contributed by atoms with Gasteiger partial charge in [0.25, 0.3) is 0 Å². The van der Waals surface area contributed by atoms with Gasteiger partial charge >= 0.3 is 6.09 Å². The Labute approximate surface area is 200 Å². The predicted molar refractivity (Wildman–Crippen MR) is 132 cm³/mol. The fraction of sp³-hybridized carbons (Fsp3) is 0.577. The summed E-state index contributed by atoms with van der Waals surface area (Å²) in [4.78, 5) is 24.4. The van der Waals surface area contributed by atoms with Crippen LogP contribution in [0.2, 0.25) is 0 Å². The van der Waals surface area contributed by atoms with Gasteiger partial charge in [0.1, 0.15) is 16.4 Å². The molecular weight excluding hydrogens is 432 g/mol. The third-order valence-electron chi connectivity index (χ3n) is 7.04. The molecule has 3 aliphatic rings. The molecule has 1 saturated heterocycles. The van der Waals surface area contributed by atoms with Crippen LogP contribution in [-0.2, 0) is 11.2 Å². The average molecular weight is 467 g/mol. The molecule has 0 unspecified atom stereocenters. The highest BCUT2D eigenvalue weighted by molar-refractivity contribution is 7.99. The number of benzene rings is 1. The van der Waals surface area contributed by atoms with Gasteiger partial charge in [0.15, 0.2) is 0 Å². The molecule has 0 bridgehead atoms. The summed E-state index contributed by atoms with van der Waals surface area (Å²) in [5, 5.41) is 4.25. The van der Waals surface area contributed by atoms with Crippen LogP contribution in [0.15, 0.2) is 41.7 Å². The Morgan fingerprint density at radius 1 is 1.18 bits per heavy atom. The van der Waals surface area contributed by atoms with Gasteiger partial charge in [-0.3, -0.25) is 0 Å². The molecule has 6 nitrogen and oxygen atoms in total. The van der Waals surface area contributed by atoms with E-state index in [1.165, 1.54) is 24.0 Å². The quantitative estimate of drug-likeness (QED) is 0.596. The number of nitrogens with one attached hydrogen (secondary N) is 1. The Balaban J connectivity index is 1.27. The topological polar surface area (TPSA) is 67.3 Å². The molecule has 1 atom stereocenters. The molecule has 7 heteroatoms. The Morgan fingerprint density at radius 3 is 2.61 bits per heavy atom. The van der Waals surface area contributed by atoms with Crippen LogP contribution in [0.4, 0.5) is 10.6 Å². The summed E-state index contributed by atoms with van der Waals surface area (Å²) >= 11 is 1.82. The maximum atomic E-state index is 12.7. The zero-order valence-electron chi connectivity index (χ0n) is 19.8. The Kier molecular flexibility index (Phi) is 6.02. The lowest BCUT2D eigenvalue weighted by molar-refractivity contribution is 0.0428. The molecule has 176 valence electrons. The molecule has 1 amide bonds. The van der Waals surface area contributed by atoms with Gasteiger partial charge in [-0.1, -0.05) is 24.3 Å². The zero-order valence-corrected chi connectivity index (χ0v) is 20.7. The summed E-state index contributed by atoms with van der Waals surface area (Å²) < 4.78 is 5.61. The third-order valence-corrected chi connectivity index (χ3v) is 8.19. The number of carbonyl (C=O) groups excluding carboxylic acids is 1. The van der Waals surface area contributed by atoms with Crippen molar-refractivity contribution in [1.82, 2.24) is 15.3 Å². The van der Waals surface area contributed by atoms with E-state index in [0.717, 1.165) is 54.9 Å². The summed E-state index contributed by atoms with van der Waals surface area (Å²) in [7, 11) is 0. The molecule has 2 aromatic rings. The molecule has 1 aliphatic heterocycles. The number of rotatable bonds is 5. The van der Waals surface area contributed by atoms with Crippen molar-refractivity contribution in [3.63, 3.8) is 0 Å². The summed E-state index contributed by atoms with van der Waals surface area (Å²) in [6.07, 6.45) is 9.20. The highest BCUT2D eigenvalue weighted by atomic mass is 32.2. The van der Waals surface area contributed by atoms with E-state index in [9.17, 15) is 4.79 Å². The Morgan fingerprint density at radius 2 is 1.94 bits per heavy atom. The lowest BCUT2D eigenvalue weighted by Gasteiger charge is -2.43. The number of fused-ring (bicyclic) bond motifs is 1. The fourth-order valence-corrected chi connectivity index (χ4v) is 6.12. The van der Waals surface area contributed by atoms with E-state index in [1.54, 1.807) is 0 Å². The first-order valence-electron chi connectivity index (χ1n) is 12.1. The van der Waals surface area contributed by atoms with Crippen LogP contribution in [0.3, 0.4) is 0 Å². The van der Waals surface area contributed by atoms with Crippen molar-refractivity contribution in [2.75, 3.05) is 23.7 Å². The predicted octanol–water partition coefficient (Wildman–Crippen LogP) is 5.39. The van der Waals surface area contributed by atoms with Gasteiger partial charge in [0, 0.05) is 24.3 Å². The average Bonchev–Trinajstić information content (AvgIpc) is 3.56. The van der Waals surface area contributed by atoms with Gasteiger partial charge in [0.05, 0.1) is 18.4 Å². The molecule has 5 rings (SSSR count). The number of hydrogen-bond acceptors (Lipinski definition) is 6. The second kappa shape index (κ2) is 8.82. The van der Waals surface area contributed by atoms with Crippen LogP contribution in [0.1, 0.15) is 63.6 Å². The smallest absolute Gasteiger partial charge is 0.408 e. The second-order valence-electron chi connectivity index (χ2n) is 10.8. The van der Waals surface area contributed by atoms with E-state index in [-0.39, 0.29) is 17.6 Å². The minimum absolute atomic E-state index is 0.00454. The molecule has 2 aliphatic carbocycles. The van der Waals surface area contributed by atoms with Gasteiger partial charge in [-0.05, 0) is 69.9 Å². The van der Waals surface area contributed by atoms with E-state index in [1.807, 2.05) is 44.9 Å². The molecule has 2 heterocycles. The van der Waals surface area contributed by atoms with Gasteiger partial charge in [-0.15, -0.1) is 11.8 Å². The number of ether oxygens (including phenoxy) is 1. The minimum atomic E-state index is -0.513. The molecule has 1 N–H and O–H groups in total. The number of carbonyl (C=O) groups is 1. The lowest BCUT2D eigenvalue weighted by Crippen LogP contribution is -2.47. The number of hydrogen-bond donors (Lipinski definition) is 1. The lowest BCUT2D eigenvalue weighted by atomic mass is 9.72. The highest BCUT2D eigenvalue weighted by Crippen LogP contribution is 2.52. The number of piperidine rings is 1. The molecule has 1 aromatic heterocycles. The number of alkyl carbamates (subject to hydrolysis) is 1. The van der Waals surface area contributed by atoms with Crippen LogP contribution in [0.25, 0.3) is 0 Å². The maximum Gasteiger partial charge on any atom is 0.408 e. The Bertz CT molecular complexity index is 992. The molecule has 0 radical (unpaired) electrons. The van der Waals surface area contributed by atoms with Crippen molar-refractivity contribution < 1.29 is 9.53 Å². The number of aromatic nitrogens is 2. The SMILES string of the molecule is CC(C)(C)OC(=O)N[C@@H]1c2ccccc2CC12CCN(c1cnc(SCC3CC3)cn1)CC2. The highest BCUT2D eigenvalue weighted by Gasteiger charge is 2.48. The number of amides is 1. The summed E-state index contributed by atoms with van der Waals surface area (Å²) in [5.74, 6) is 2.99. The maximum absolute atomic E-state index is 12.7. The van der Waals surface area contributed by atoms with Crippen molar-refractivity contribution in [3.05, 3.63) is 47.8 Å². The third kappa shape index (κ3) is 5.13. The van der Waals surface area contributed by atoms with Crippen LogP contribution >= 0.6 is 11.8 Å². The van der Waals surface area contributed by atoms with Crippen molar-refractivity contribution in [2.24, 2.45) is 11.3 Å². The van der Waals surface area contributed by atoms with E-state index in [0.29, 0.717) is 0 Å². The minimum Gasteiger partial charge on any atom is -0.444 e. The largest absolute Gasteiger partial charge is 0.444 e. The molecule has 1 spiro atoms. The second-order valence-corrected chi connectivity index (χ2v) is 11.8. The summed E-state index contributed by atoms with van der Waals surface area (Å²) in [6.45, 7) is 7.52. The van der Waals surface area contributed by atoms with Crippen LogP contribution in [0, 0.1) is 11.3 Å². The molecule has 33 heavy (non-hydrogen) atoms. The number of nitrogens with zero attached hydrogens (tertiary/aromatic N) is 3. The summed E-state index contributed by atoms with van der Waals surface area (Å²) in [5.41, 5.74) is 2.06. The summed E-state index contributed by atoms with van der Waals surface area (Å²) in [6, 6.07) is 8.48. The van der Waals surface area contributed by atoms with E-state index >= 15 is 0 Å². The molecule has 1 aromatic carbocycles. The first-order chi connectivity index (χ1) is 15.8. The first-order valence-corrected chi connectivity index (χ1v) is 13.1. The van der Waals surface area contributed by atoms with Gasteiger partial charge in [-0.2, -0.15) is 0 Å². The van der Waals surface area contributed by atoms with E-state index in [4.69, 9.17) is 9.72 Å². The first kappa shape index (κ1) is 22.5. The van der Waals surface area contributed by atoms with Crippen molar-refractivity contribution >= 4 is 23.7 Å². The van der Waals surface area contributed by atoms with E-state index in [2.05, 4.69) is 39.5 Å². The zero-order chi connectivity index (χ0) is 23.1. The van der Waals surface area contributed by atoms with Crippen molar-refractivity contribution in [3.8, 4) is 0 Å². The molecule has 2 fully saturated rings. The normalized spacial score (nSPS) is 21.7. The molecular formula is C26H34N4O2S. The van der Waals surface area contributed by atoms with Gasteiger partial charge < -0.3 is 15.0 Å². The Hall–Kier alpha value is -2.28. The van der Waals surface area contributed by atoms with Crippen molar-refractivity contribution in [1.29, 1.82) is 0 Å². The monoisotopic (exact) mass is 466 g/mol. The van der Waals surface area contributed by atoms with E-state index < -0.39 is 5.60 Å². The van der Waals surface area contributed by atoms with Gasteiger partial charge in [0.2, 0.25) is 0 Å². The standard InChI is InChI=1S/C26H34N4O2S/c1-25(2,3)32-24(31)29-23-20-7-5-4-6-19(20)14-26(23)10-12-30(13-11-26)21-15-28-22(16-27-21)33-17-18-8-9-18/h4-7,15-16,18,23H,8-14,17H2,1-3H3,(H,29,31)/t23-/m1/s1. The number of thioether (sulfide) groups is 1. The van der Waals surface area contributed by atoms with Crippen LogP contribution in [-0.4, -0.2) is 40.5 Å².